The van der Waals surface area contributed by atoms with Crippen molar-refractivity contribution in [3.05, 3.63) is 35.4 Å². The molecule has 0 bridgehead atoms. The number of halogens is 3. The van der Waals surface area contributed by atoms with E-state index >= 15 is 0 Å². The highest BCUT2D eigenvalue weighted by Crippen LogP contribution is 2.29. The molecule has 1 unspecified atom stereocenters. The SMILES string of the molecule is CCN(C(=O)CN1CCN(Cc2ccc(C(F)(F)F)cc2)CC1)C1CCS(=O)(=O)C1. The van der Waals surface area contributed by atoms with Gasteiger partial charge in [-0.15, -0.1) is 0 Å². The lowest BCUT2D eigenvalue weighted by atomic mass is 10.1. The number of carbonyl (C=O) groups is 1. The normalized spacial score (nSPS) is 22.9. The monoisotopic (exact) mass is 447 g/mol. The number of hydrogen-bond donors (Lipinski definition) is 0. The summed E-state index contributed by atoms with van der Waals surface area (Å²) in [6, 6.07) is 4.99. The quantitative estimate of drug-likeness (QED) is 0.666. The zero-order chi connectivity index (χ0) is 21.9. The summed E-state index contributed by atoms with van der Waals surface area (Å²) in [5, 5.41) is 0. The lowest BCUT2D eigenvalue weighted by molar-refractivity contribution is -0.137. The minimum absolute atomic E-state index is 0.0456. The standard InChI is InChI=1S/C20H28F3N3O3S/c1-2-26(18-7-12-30(28,29)15-18)19(27)14-25-10-8-24(9-11-25)13-16-3-5-17(6-4-16)20(21,22)23/h3-6,18H,2,7-15H2,1H3. The fraction of sp³-hybridized carbons (Fsp3) is 0.650. The van der Waals surface area contributed by atoms with Gasteiger partial charge in [-0.2, -0.15) is 13.2 Å². The molecule has 6 nitrogen and oxygen atoms in total. The maximum atomic E-state index is 12.7. The number of rotatable bonds is 6. The summed E-state index contributed by atoms with van der Waals surface area (Å²) in [6.07, 6.45) is -3.82. The van der Waals surface area contributed by atoms with Crippen LogP contribution in [0.5, 0.6) is 0 Å². The number of nitrogens with zero attached hydrogens (tertiary/aromatic N) is 3. The van der Waals surface area contributed by atoms with Crippen LogP contribution in [0.25, 0.3) is 0 Å². The maximum absolute atomic E-state index is 12.7. The summed E-state index contributed by atoms with van der Waals surface area (Å²) in [5.74, 6) is 0.146. The molecule has 2 saturated heterocycles. The summed E-state index contributed by atoms with van der Waals surface area (Å²) in [5.41, 5.74) is 0.178. The number of piperazine rings is 1. The predicted octanol–water partition coefficient (Wildman–Crippen LogP) is 1.86. The third-order valence-corrected chi connectivity index (χ3v) is 7.57. The Morgan fingerprint density at radius 1 is 1.10 bits per heavy atom. The van der Waals surface area contributed by atoms with Crippen molar-refractivity contribution in [1.82, 2.24) is 14.7 Å². The van der Waals surface area contributed by atoms with Crippen molar-refractivity contribution in [3.63, 3.8) is 0 Å². The lowest BCUT2D eigenvalue weighted by Gasteiger charge is -2.36. The van der Waals surface area contributed by atoms with Crippen LogP contribution in [-0.4, -0.2) is 85.8 Å². The van der Waals surface area contributed by atoms with E-state index < -0.39 is 21.6 Å². The molecule has 10 heteroatoms. The molecule has 1 aromatic carbocycles. The third-order valence-electron chi connectivity index (χ3n) is 5.82. The van der Waals surface area contributed by atoms with E-state index in [0.29, 0.717) is 32.6 Å². The number of alkyl halides is 3. The highest BCUT2D eigenvalue weighted by Gasteiger charge is 2.34. The van der Waals surface area contributed by atoms with Crippen molar-refractivity contribution in [2.75, 3.05) is 50.8 Å². The first-order valence-electron chi connectivity index (χ1n) is 10.2. The van der Waals surface area contributed by atoms with Gasteiger partial charge >= 0.3 is 6.18 Å². The van der Waals surface area contributed by atoms with Crippen LogP contribution in [-0.2, 0) is 27.4 Å². The van der Waals surface area contributed by atoms with E-state index in [4.69, 9.17) is 0 Å². The van der Waals surface area contributed by atoms with E-state index in [1.54, 1.807) is 4.90 Å². The van der Waals surface area contributed by atoms with Crippen LogP contribution in [0.3, 0.4) is 0 Å². The van der Waals surface area contributed by atoms with Gasteiger partial charge in [-0.3, -0.25) is 14.6 Å². The van der Waals surface area contributed by atoms with Gasteiger partial charge in [-0.1, -0.05) is 12.1 Å². The molecule has 168 valence electrons. The topological polar surface area (TPSA) is 60.9 Å². The summed E-state index contributed by atoms with van der Waals surface area (Å²) in [4.78, 5) is 18.6. The summed E-state index contributed by atoms with van der Waals surface area (Å²) < 4.78 is 61.4. The molecular formula is C20H28F3N3O3S. The molecule has 1 amide bonds. The van der Waals surface area contributed by atoms with Crippen LogP contribution in [0, 0.1) is 0 Å². The molecular weight excluding hydrogens is 419 g/mol. The smallest absolute Gasteiger partial charge is 0.338 e. The summed E-state index contributed by atoms with van der Waals surface area (Å²) >= 11 is 0. The number of benzene rings is 1. The average Bonchev–Trinajstić information content (AvgIpc) is 3.03. The molecule has 30 heavy (non-hydrogen) atoms. The molecule has 2 aliphatic rings. The Hall–Kier alpha value is -1.65. The molecule has 2 fully saturated rings. The highest BCUT2D eigenvalue weighted by atomic mass is 32.2. The zero-order valence-electron chi connectivity index (χ0n) is 17.1. The van der Waals surface area contributed by atoms with Crippen LogP contribution >= 0.6 is 0 Å². The van der Waals surface area contributed by atoms with Gasteiger partial charge in [0.15, 0.2) is 9.84 Å². The molecule has 0 aliphatic carbocycles. The van der Waals surface area contributed by atoms with Crippen molar-refractivity contribution in [2.24, 2.45) is 0 Å². The Balaban J connectivity index is 1.46. The molecule has 3 rings (SSSR count). The fourth-order valence-corrected chi connectivity index (χ4v) is 5.84. The first kappa shape index (κ1) is 23.0. The fourth-order valence-electron chi connectivity index (χ4n) is 4.10. The maximum Gasteiger partial charge on any atom is 0.416 e. The minimum atomic E-state index is -4.33. The van der Waals surface area contributed by atoms with Gasteiger partial charge in [-0.25, -0.2) is 8.42 Å². The molecule has 0 N–H and O–H groups in total. The van der Waals surface area contributed by atoms with Crippen LogP contribution in [0.15, 0.2) is 24.3 Å². The van der Waals surface area contributed by atoms with Gasteiger partial charge in [-0.05, 0) is 31.0 Å². The van der Waals surface area contributed by atoms with Crippen LogP contribution < -0.4 is 0 Å². The number of likely N-dealkylation sites (N-methyl/N-ethyl adjacent to an activating group) is 1. The molecule has 2 aliphatic heterocycles. The van der Waals surface area contributed by atoms with Crippen molar-refractivity contribution < 1.29 is 26.4 Å². The Kier molecular flexibility index (Phi) is 7.09. The highest BCUT2D eigenvalue weighted by molar-refractivity contribution is 7.91. The third kappa shape index (κ3) is 5.95. The Bertz CT molecular complexity index is 835. The van der Waals surface area contributed by atoms with Gasteiger partial charge in [0.1, 0.15) is 0 Å². The number of hydrogen-bond acceptors (Lipinski definition) is 5. The molecule has 0 spiro atoms. The Labute approximate surface area is 175 Å². The van der Waals surface area contributed by atoms with Gasteiger partial charge < -0.3 is 4.90 Å². The molecule has 0 saturated carbocycles. The first-order valence-corrected chi connectivity index (χ1v) is 12.0. The second-order valence-corrected chi connectivity index (χ2v) is 10.2. The number of carbonyl (C=O) groups excluding carboxylic acids is 1. The van der Waals surface area contributed by atoms with Gasteiger partial charge in [0.25, 0.3) is 0 Å². The van der Waals surface area contributed by atoms with Crippen molar-refractivity contribution in [3.8, 4) is 0 Å². The van der Waals surface area contributed by atoms with Gasteiger partial charge in [0.05, 0.1) is 23.6 Å². The largest absolute Gasteiger partial charge is 0.416 e. The first-order chi connectivity index (χ1) is 14.1. The Morgan fingerprint density at radius 2 is 1.70 bits per heavy atom. The summed E-state index contributed by atoms with van der Waals surface area (Å²) in [6.45, 7) is 6.01. The molecule has 1 atom stereocenters. The number of amides is 1. The van der Waals surface area contributed by atoms with E-state index in [9.17, 15) is 26.4 Å². The van der Waals surface area contributed by atoms with Gasteiger partial charge in [0, 0.05) is 45.3 Å². The van der Waals surface area contributed by atoms with Gasteiger partial charge in [0.2, 0.25) is 5.91 Å². The van der Waals surface area contributed by atoms with E-state index in [2.05, 4.69) is 9.80 Å². The van der Waals surface area contributed by atoms with E-state index in [1.165, 1.54) is 12.1 Å². The van der Waals surface area contributed by atoms with Crippen molar-refractivity contribution >= 4 is 15.7 Å². The average molecular weight is 448 g/mol. The molecule has 2 heterocycles. The molecule has 0 radical (unpaired) electrons. The van der Waals surface area contributed by atoms with E-state index in [1.807, 2.05) is 6.92 Å². The van der Waals surface area contributed by atoms with Crippen molar-refractivity contribution in [1.29, 1.82) is 0 Å². The zero-order valence-corrected chi connectivity index (χ0v) is 17.9. The van der Waals surface area contributed by atoms with E-state index in [0.717, 1.165) is 30.8 Å². The lowest BCUT2D eigenvalue weighted by Crippen LogP contribution is -2.51. The Morgan fingerprint density at radius 3 is 2.20 bits per heavy atom. The van der Waals surface area contributed by atoms with Crippen LogP contribution in [0.2, 0.25) is 0 Å². The second kappa shape index (κ2) is 9.23. The summed E-state index contributed by atoms with van der Waals surface area (Å²) in [7, 11) is -3.04. The predicted molar refractivity (Wildman–Crippen MR) is 108 cm³/mol. The van der Waals surface area contributed by atoms with Crippen LogP contribution in [0.1, 0.15) is 24.5 Å². The van der Waals surface area contributed by atoms with Crippen LogP contribution in [0.4, 0.5) is 13.2 Å². The molecule has 1 aromatic rings. The number of sulfone groups is 1. The molecule has 0 aromatic heterocycles. The van der Waals surface area contributed by atoms with Crippen molar-refractivity contribution in [2.45, 2.75) is 32.1 Å². The second-order valence-electron chi connectivity index (χ2n) is 7.98. The van der Waals surface area contributed by atoms with E-state index in [-0.39, 0.29) is 30.0 Å². The minimum Gasteiger partial charge on any atom is -0.338 e.